The monoisotopic (exact) mass is 425 g/mol. The Hall–Kier alpha value is -2.51. The summed E-state index contributed by atoms with van der Waals surface area (Å²) in [6, 6.07) is 8.89. The van der Waals surface area contributed by atoms with Crippen molar-refractivity contribution in [3.05, 3.63) is 69.6 Å². The first kappa shape index (κ1) is 20.2. The molecule has 0 bridgehead atoms. The van der Waals surface area contributed by atoms with Gasteiger partial charge >= 0.3 is 0 Å². The number of carbonyl (C=O) groups is 1. The van der Waals surface area contributed by atoms with Gasteiger partial charge in [-0.3, -0.25) is 9.48 Å². The average molecular weight is 426 g/mol. The molecule has 28 heavy (non-hydrogen) atoms. The van der Waals surface area contributed by atoms with Crippen molar-refractivity contribution < 1.29 is 18.3 Å². The Morgan fingerprint density at radius 1 is 1.25 bits per heavy atom. The minimum atomic E-state index is -0.336. The number of ether oxygens (including phenoxy) is 1. The van der Waals surface area contributed by atoms with Crippen LogP contribution in [0.2, 0.25) is 10.2 Å². The Morgan fingerprint density at radius 2 is 2.00 bits per heavy atom. The quantitative estimate of drug-likeness (QED) is 0.534. The van der Waals surface area contributed by atoms with Crippen LogP contribution in [0.15, 0.2) is 40.8 Å². The van der Waals surface area contributed by atoms with Crippen molar-refractivity contribution in [1.82, 2.24) is 15.1 Å². The molecule has 0 saturated heterocycles. The molecule has 0 aliphatic heterocycles. The van der Waals surface area contributed by atoms with E-state index in [0.29, 0.717) is 46.9 Å². The minimum absolute atomic E-state index is 0.136. The zero-order valence-corrected chi connectivity index (χ0v) is 16.6. The van der Waals surface area contributed by atoms with Crippen molar-refractivity contribution in [2.75, 3.05) is 6.54 Å². The summed E-state index contributed by atoms with van der Waals surface area (Å²) >= 11 is 12.1. The molecule has 2 aromatic heterocycles. The summed E-state index contributed by atoms with van der Waals surface area (Å²) in [6.45, 7) is 2.87. The Bertz CT molecular complexity index is 954. The maximum Gasteiger partial charge on any atom is 0.286 e. The summed E-state index contributed by atoms with van der Waals surface area (Å²) in [5, 5.41) is 7.83. The third kappa shape index (κ3) is 5.05. The van der Waals surface area contributed by atoms with E-state index in [1.807, 2.05) is 0 Å². The van der Waals surface area contributed by atoms with Crippen LogP contribution in [0, 0.1) is 12.7 Å². The molecule has 6 nitrogen and oxygen atoms in total. The van der Waals surface area contributed by atoms with Gasteiger partial charge < -0.3 is 14.5 Å². The van der Waals surface area contributed by atoms with E-state index in [4.69, 9.17) is 32.4 Å². The van der Waals surface area contributed by atoms with Crippen LogP contribution >= 0.6 is 23.2 Å². The van der Waals surface area contributed by atoms with Crippen molar-refractivity contribution >= 4 is 29.1 Å². The maximum absolute atomic E-state index is 12.9. The van der Waals surface area contributed by atoms with Crippen LogP contribution < -0.4 is 10.1 Å². The summed E-state index contributed by atoms with van der Waals surface area (Å²) < 4.78 is 25.4. The molecule has 0 atom stereocenters. The van der Waals surface area contributed by atoms with Crippen LogP contribution in [0.5, 0.6) is 5.75 Å². The van der Waals surface area contributed by atoms with Gasteiger partial charge in [-0.2, -0.15) is 5.10 Å². The highest BCUT2D eigenvalue weighted by atomic mass is 35.5. The fraction of sp³-hybridized carbons (Fsp3) is 0.263. The van der Waals surface area contributed by atoms with E-state index in [2.05, 4.69) is 10.4 Å². The molecular weight excluding hydrogens is 408 g/mol. The molecule has 0 radical (unpaired) electrons. The average Bonchev–Trinajstić information content (AvgIpc) is 3.26. The molecule has 3 rings (SSSR count). The summed E-state index contributed by atoms with van der Waals surface area (Å²) in [5.74, 6) is 0.527. The summed E-state index contributed by atoms with van der Waals surface area (Å²) in [7, 11) is 0. The number of hydrogen-bond donors (Lipinski definition) is 1. The first-order valence-electron chi connectivity index (χ1n) is 8.57. The largest absolute Gasteiger partial charge is 0.486 e. The van der Waals surface area contributed by atoms with Crippen molar-refractivity contribution in [2.24, 2.45) is 0 Å². The molecule has 3 aromatic rings. The van der Waals surface area contributed by atoms with E-state index in [-0.39, 0.29) is 24.1 Å². The Morgan fingerprint density at radius 3 is 2.68 bits per heavy atom. The van der Waals surface area contributed by atoms with Gasteiger partial charge in [-0.1, -0.05) is 23.2 Å². The lowest BCUT2D eigenvalue weighted by Gasteiger charge is -2.05. The molecule has 1 N–H and O–H groups in total. The number of carbonyl (C=O) groups excluding carboxylic acids is 1. The zero-order chi connectivity index (χ0) is 20.1. The maximum atomic E-state index is 12.9. The van der Waals surface area contributed by atoms with Gasteiger partial charge in [0.25, 0.3) is 5.91 Å². The third-order valence-electron chi connectivity index (χ3n) is 3.91. The highest BCUT2D eigenvalue weighted by molar-refractivity contribution is 6.41. The van der Waals surface area contributed by atoms with Crippen molar-refractivity contribution in [2.45, 2.75) is 26.5 Å². The normalized spacial score (nSPS) is 10.9. The predicted octanol–water partition coefficient (Wildman–Crippen LogP) is 4.63. The number of aromatic nitrogens is 2. The van der Waals surface area contributed by atoms with Crippen molar-refractivity contribution in [3.8, 4) is 5.75 Å². The van der Waals surface area contributed by atoms with Crippen LogP contribution in [0.25, 0.3) is 0 Å². The SMILES string of the molecule is Cc1nn(CCCNC(=O)c2ccc(COc3ccc(F)cc3)o2)c(Cl)c1Cl. The number of aryl methyl sites for hydroxylation is 2. The van der Waals surface area contributed by atoms with Crippen LogP contribution in [0.1, 0.15) is 28.4 Å². The molecule has 0 aliphatic carbocycles. The second-order valence-electron chi connectivity index (χ2n) is 6.03. The molecule has 0 fully saturated rings. The molecule has 2 heterocycles. The topological polar surface area (TPSA) is 69.3 Å². The van der Waals surface area contributed by atoms with Gasteiger partial charge in [0, 0.05) is 13.1 Å². The van der Waals surface area contributed by atoms with E-state index in [1.165, 1.54) is 24.3 Å². The zero-order valence-electron chi connectivity index (χ0n) is 15.0. The summed E-state index contributed by atoms with van der Waals surface area (Å²) in [6.07, 6.45) is 0.629. The second kappa shape index (κ2) is 9.12. The number of benzene rings is 1. The number of nitrogens with zero attached hydrogens (tertiary/aromatic N) is 2. The Kier molecular flexibility index (Phi) is 6.59. The Labute approximate surface area is 171 Å². The number of furan rings is 1. The minimum Gasteiger partial charge on any atom is -0.486 e. The van der Waals surface area contributed by atoms with Crippen LogP contribution in [0.4, 0.5) is 4.39 Å². The van der Waals surface area contributed by atoms with Crippen LogP contribution in [-0.4, -0.2) is 22.2 Å². The highest BCUT2D eigenvalue weighted by Gasteiger charge is 2.13. The van der Waals surface area contributed by atoms with E-state index in [0.717, 1.165) is 0 Å². The van der Waals surface area contributed by atoms with Gasteiger partial charge in [0.2, 0.25) is 0 Å². The fourth-order valence-corrected chi connectivity index (χ4v) is 2.85. The fourth-order valence-electron chi connectivity index (χ4n) is 2.46. The lowest BCUT2D eigenvalue weighted by atomic mass is 10.3. The molecule has 0 aliphatic rings. The van der Waals surface area contributed by atoms with Crippen molar-refractivity contribution in [1.29, 1.82) is 0 Å². The second-order valence-corrected chi connectivity index (χ2v) is 6.77. The molecule has 0 saturated carbocycles. The molecule has 0 spiro atoms. The number of amides is 1. The third-order valence-corrected chi connectivity index (χ3v) is 4.84. The van der Waals surface area contributed by atoms with E-state index in [9.17, 15) is 9.18 Å². The first-order chi connectivity index (χ1) is 13.4. The van der Waals surface area contributed by atoms with Gasteiger partial charge in [0.15, 0.2) is 5.76 Å². The molecule has 148 valence electrons. The van der Waals surface area contributed by atoms with Gasteiger partial charge in [0.05, 0.1) is 5.69 Å². The number of rotatable bonds is 8. The molecule has 1 amide bonds. The molecule has 9 heteroatoms. The van der Waals surface area contributed by atoms with E-state index in [1.54, 1.807) is 23.7 Å². The highest BCUT2D eigenvalue weighted by Crippen LogP contribution is 2.24. The van der Waals surface area contributed by atoms with Gasteiger partial charge in [-0.15, -0.1) is 0 Å². The van der Waals surface area contributed by atoms with Gasteiger partial charge in [-0.25, -0.2) is 4.39 Å². The van der Waals surface area contributed by atoms with E-state index >= 15 is 0 Å². The lowest BCUT2D eigenvalue weighted by Crippen LogP contribution is -2.25. The summed E-state index contributed by atoms with van der Waals surface area (Å²) in [4.78, 5) is 12.1. The van der Waals surface area contributed by atoms with Gasteiger partial charge in [0.1, 0.15) is 34.1 Å². The Balaban J connectivity index is 1.43. The van der Waals surface area contributed by atoms with Crippen LogP contribution in [0.3, 0.4) is 0 Å². The lowest BCUT2D eigenvalue weighted by molar-refractivity contribution is 0.0921. The van der Waals surface area contributed by atoms with E-state index < -0.39 is 0 Å². The number of hydrogen-bond acceptors (Lipinski definition) is 4. The number of nitrogens with one attached hydrogen (secondary N) is 1. The first-order valence-corrected chi connectivity index (χ1v) is 9.33. The van der Waals surface area contributed by atoms with Crippen molar-refractivity contribution in [3.63, 3.8) is 0 Å². The molecule has 0 unspecified atom stereocenters. The standard InChI is InChI=1S/C19H18Cl2FN3O3/c1-12-17(20)18(21)25(24-12)10-2-9-23-19(26)16-8-7-15(28-16)11-27-14-5-3-13(22)4-6-14/h3-8H,2,9-11H2,1H3,(H,23,26). The predicted molar refractivity (Wildman–Crippen MR) is 103 cm³/mol. The van der Waals surface area contributed by atoms with Crippen LogP contribution in [-0.2, 0) is 13.2 Å². The number of halogens is 3. The summed E-state index contributed by atoms with van der Waals surface area (Å²) in [5.41, 5.74) is 0.668. The van der Waals surface area contributed by atoms with Gasteiger partial charge in [-0.05, 0) is 49.7 Å². The smallest absolute Gasteiger partial charge is 0.286 e. The molecule has 1 aromatic carbocycles. The molecular formula is C19H18Cl2FN3O3.